The quantitative estimate of drug-likeness (QED) is 0.482. The molecule has 9 heteroatoms. The highest BCUT2D eigenvalue weighted by molar-refractivity contribution is 8.18. The molecule has 3 aromatic rings. The van der Waals surface area contributed by atoms with Crippen LogP contribution in [-0.4, -0.2) is 35.6 Å². The molecule has 0 bridgehead atoms. The first-order chi connectivity index (χ1) is 14.9. The maximum absolute atomic E-state index is 12.7. The van der Waals surface area contributed by atoms with Gasteiger partial charge in [0, 0.05) is 22.7 Å². The van der Waals surface area contributed by atoms with Crippen LogP contribution in [0.25, 0.3) is 17.0 Å². The van der Waals surface area contributed by atoms with Crippen LogP contribution in [0.4, 0.5) is 10.5 Å². The number of para-hydroxylation sites is 1. The van der Waals surface area contributed by atoms with Gasteiger partial charge in [-0.25, -0.2) is 4.79 Å². The number of fused-ring (bicyclic) bond motifs is 1. The van der Waals surface area contributed by atoms with Crippen LogP contribution in [-0.2, 0) is 9.59 Å². The highest BCUT2D eigenvalue weighted by Crippen LogP contribution is 2.33. The molecule has 1 aliphatic heterocycles. The van der Waals surface area contributed by atoms with E-state index in [0.717, 1.165) is 16.7 Å². The van der Waals surface area contributed by atoms with Gasteiger partial charge in [0.2, 0.25) is 5.91 Å². The van der Waals surface area contributed by atoms with Crippen molar-refractivity contribution in [3.05, 3.63) is 75.5 Å². The van der Waals surface area contributed by atoms with E-state index in [4.69, 9.17) is 9.15 Å². The second-order valence-electron chi connectivity index (χ2n) is 6.57. The predicted molar refractivity (Wildman–Crippen MR) is 117 cm³/mol. The van der Waals surface area contributed by atoms with Crippen molar-refractivity contribution >= 4 is 51.5 Å². The molecule has 1 saturated heterocycles. The molecule has 1 N–H and O–H groups in total. The maximum Gasteiger partial charge on any atom is 0.336 e. The number of ether oxygens (including phenoxy) is 1. The number of methoxy groups -OCH3 is 1. The van der Waals surface area contributed by atoms with Gasteiger partial charge in [-0.1, -0.05) is 18.2 Å². The molecule has 8 nitrogen and oxygen atoms in total. The van der Waals surface area contributed by atoms with Gasteiger partial charge in [0.05, 0.1) is 12.0 Å². The lowest BCUT2D eigenvalue weighted by molar-refractivity contribution is -0.127. The number of nitrogens with one attached hydrogen (secondary N) is 1. The van der Waals surface area contributed by atoms with Crippen molar-refractivity contribution < 1.29 is 23.5 Å². The number of imide groups is 1. The van der Waals surface area contributed by atoms with Gasteiger partial charge in [0.15, 0.2) is 0 Å². The summed E-state index contributed by atoms with van der Waals surface area (Å²) in [5.41, 5.74) is 1.02. The summed E-state index contributed by atoms with van der Waals surface area (Å²) in [6.45, 7) is -0.421. The largest absolute Gasteiger partial charge is 0.496 e. The van der Waals surface area contributed by atoms with Crippen molar-refractivity contribution in [3.63, 3.8) is 0 Å². The van der Waals surface area contributed by atoms with E-state index in [-0.39, 0.29) is 4.91 Å². The van der Waals surface area contributed by atoms with E-state index < -0.39 is 29.2 Å². The molecule has 31 heavy (non-hydrogen) atoms. The van der Waals surface area contributed by atoms with Crippen LogP contribution in [0, 0.1) is 0 Å². The predicted octanol–water partition coefficient (Wildman–Crippen LogP) is 3.48. The molecule has 2 heterocycles. The number of carbonyl (C=O) groups is 3. The zero-order chi connectivity index (χ0) is 22.0. The first-order valence-electron chi connectivity index (χ1n) is 9.17. The maximum atomic E-state index is 12.7. The van der Waals surface area contributed by atoms with Crippen LogP contribution in [0.15, 0.2) is 68.7 Å². The van der Waals surface area contributed by atoms with Crippen LogP contribution in [0.5, 0.6) is 5.75 Å². The van der Waals surface area contributed by atoms with E-state index in [1.54, 1.807) is 54.6 Å². The van der Waals surface area contributed by atoms with Gasteiger partial charge in [0.25, 0.3) is 11.1 Å². The van der Waals surface area contributed by atoms with Crippen LogP contribution < -0.4 is 15.7 Å². The van der Waals surface area contributed by atoms with Crippen molar-refractivity contribution in [2.45, 2.75) is 0 Å². The van der Waals surface area contributed by atoms with Crippen LogP contribution in [0.2, 0.25) is 0 Å². The lowest BCUT2D eigenvalue weighted by Gasteiger charge is -2.12. The van der Waals surface area contributed by atoms with Crippen molar-refractivity contribution in [3.8, 4) is 5.75 Å². The molecule has 0 atom stereocenters. The monoisotopic (exact) mass is 436 g/mol. The van der Waals surface area contributed by atoms with E-state index in [9.17, 15) is 19.2 Å². The third-order valence-corrected chi connectivity index (χ3v) is 5.41. The zero-order valence-corrected chi connectivity index (χ0v) is 17.1. The highest BCUT2D eigenvalue weighted by Gasteiger charge is 2.36. The number of nitrogens with zero attached hydrogens (tertiary/aromatic N) is 1. The van der Waals surface area contributed by atoms with Gasteiger partial charge in [-0.05, 0) is 48.2 Å². The minimum atomic E-state index is -0.545. The number of benzene rings is 2. The Morgan fingerprint density at radius 3 is 2.74 bits per heavy atom. The van der Waals surface area contributed by atoms with Crippen LogP contribution >= 0.6 is 11.8 Å². The summed E-state index contributed by atoms with van der Waals surface area (Å²) in [6, 6.07) is 14.7. The number of hydrogen-bond acceptors (Lipinski definition) is 7. The van der Waals surface area contributed by atoms with E-state index in [0.29, 0.717) is 28.0 Å². The minimum Gasteiger partial charge on any atom is -0.496 e. The molecule has 0 saturated carbocycles. The highest BCUT2D eigenvalue weighted by atomic mass is 32.2. The topological polar surface area (TPSA) is 106 Å². The van der Waals surface area contributed by atoms with Gasteiger partial charge in [0.1, 0.15) is 17.9 Å². The second-order valence-corrected chi connectivity index (χ2v) is 7.56. The molecule has 4 rings (SSSR count). The number of carbonyl (C=O) groups excluding carboxylic acids is 3. The lowest BCUT2D eigenvalue weighted by atomic mass is 10.2. The normalized spacial score (nSPS) is 15.0. The third kappa shape index (κ3) is 4.36. The first-order valence-corrected chi connectivity index (χ1v) is 9.98. The summed E-state index contributed by atoms with van der Waals surface area (Å²) >= 11 is 0.768. The molecule has 0 spiro atoms. The minimum absolute atomic E-state index is 0.211. The zero-order valence-electron chi connectivity index (χ0n) is 16.3. The van der Waals surface area contributed by atoms with Gasteiger partial charge in [-0.2, -0.15) is 0 Å². The Bertz CT molecular complexity index is 1300. The van der Waals surface area contributed by atoms with E-state index in [1.165, 1.54) is 13.2 Å². The Labute approximate surface area is 180 Å². The molecule has 156 valence electrons. The fourth-order valence-electron chi connectivity index (χ4n) is 3.06. The number of anilines is 1. The fourth-order valence-corrected chi connectivity index (χ4v) is 3.89. The molecule has 2 aromatic carbocycles. The fraction of sp³-hybridized carbons (Fsp3) is 0.0909. The van der Waals surface area contributed by atoms with Crippen molar-refractivity contribution in [2.75, 3.05) is 19.0 Å². The number of thioether (sulfide) groups is 1. The molecule has 3 amide bonds. The number of rotatable bonds is 5. The summed E-state index contributed by atoms with van der Waals surface area (Å²) in [7, 11) is 1.52. The van der Waals surface area contributed by atoms with Gasteiger partial charge in [-0.15, -0.1) is 0 Å². The van der Waals surface area contributed by atoms with Crippen molar-refractivity contribution in [1.29, 1.82) is 0 Å². The molecule has 0 aliphatic carbocycles. The standard InChI is InChI=1S/C22H16N2O6S/c1-29-16-5-3-2-4-13(16)11-18-21(27)24(22(28)31-18)12-19(25)23-15-7-8-17-14(10-15)6-9-20(26)30-17/h2-11H,12H2,1H3,(H,23,25). The number of amides is 3. The Hall–Kier alpha value is -3.85. The molecule has 0 radical (unpaired) electrons. The molecule has 1 aliphatic rings. The van der Waals surface area contributed by atoms with Crippen molar-refractivity contribution in [1.82, 2.24) is 4.90 Å². The van der Waals surface area contributed by atoms with Gasteiger partial charge >= 0.3 is 5.63 Å². The molecule has 0 unspecified atom stereocenters. The Morgan fingerprint density at radius 1 is 1.13 bits per heavy atom. The Kier molecular flexibility index (Phi) is 5.59. The van der Waals surface area contributed by atoms with E-state index in [2.05, 4.69) is 5.32 Å². The van der Waals surface area contributed by atoms with Gasteiger partial charge in [-0.3, -0.25) is 19.3 Å². The summed E-state index contributed by atoms with van der Waals surface area (Å²) in [5, 5.41) is 2.75. The van der Waals surface area contributed by atoms with Crippen LogP contribution in [0.1, 0.15) is 5.56 Å². The summed E-state index contributed by atoms with van der Waals surface area (Å²) in [5.74, 6) is -0.506. The lowest BCUT2D eigenvalue weighted by Crippen LogP contribution is -2.36. The Morgan fingerprint density at radius 2 is 1.94 bits per heavy atom. The Balaban J connectivity index is 1.47. The van der Waals surface area contributed by atoms with Gasteiger partial charge < -0.3 is 14.5 Å². The third-order valence-electron chi connectivity index (χ3n) is 4.50. The molecular weight excluding hydrogens is 420 g/mol. The average Bonchev–Trinajstić information content (AvgIpc) is 3.01. The summed E-state index contributed by atoms with van der Waals surface area (Å²) in [4.78, 5) is 49.8. The first kappa shape index (κ1) is 20.4. The SMILES string of the molecule is COc1ccccc1C=C1SC(=O)N(CC(=O)Nc2ccc3oc(=O)ccc3c2)C1=O. The molecule has 1 fully saturated rings. The van der Waals surface area contributed by atoms with E-state index in [1.807, 2.05) is 0 Å². The molecule has 1 aromatic heterocycles. The summed E-state index contributed by atoms with van der Waals surface area (Å²) < 4.78 is 10.3. The van der Waals surface area contributed by atoms with Crippen molar-refractivity contribution in [2.24, 2.45) is 0 Å². The van der Waals surface area contributed by atoms with E-state index >= 15 is 0 Å². The average molecular weight is 436 g/mol. The second kappa shape index (κ2) is 8.49. The summed E-state index contributed by atoms with van der Waals surface area (Å²) in [6.07, 6.45) is 1.57. The van der Waals surface area contributed by atoms with Crippen LogP contribution in [0.3, 0.4) is 0 Å². The smallest absolute Gasteiger partial charge is 0.336 e. The molecular formula is C22H16N2O6S. The number of hydrogen-bond donors (Lipinski definition) is 1.